The summed E-state index contributed by atoms with van der Waals surface area (Å²) in [6.45, 7) is 0. The van der Waals surface area contributed by atoms with Gasteiger partial charge in [-0.3, -0.25) is 0 Å². The Hall–Kier alpha value is -2.65. The van der Waals surface area contributed by atoms with Gasteiger partial charge in [0.05, 0.1) is 5.56 Å². The normalized spacial score (nSPS) is 15.7. The number of anilines is 2. The predicted octanol–water partition coefficient (Wildman–Crippen LogP) is 3.56. The Bertz CT molecular complexity index is 703. The number of benzene rings is 1. The van der Waals surface area contributed by atoms with Crippen molar-refractivity contribution in [2.24, 2.45) is 0 Å². The lowest BCUT2D eigenvalue weighted by molar-refractivity contribution is -0.286. The topological polar surface area (TPSA) is 56.3 Å². The van der Waals surface area contributed by atoms with Crippen LogP contribution in [0.25, 0.3) is 0 Å². The molecule has 0 atom stereocenters. The number of rotatable bonds is 2. The van der Waals surface area contributed by atoms with E-state index in [1.807, 2.05) is 0 Å². The SMILES string of the molecule is FC1(F)Oc2ccc(Nc3ncc(C(F)(F)F)cn3)cc2O1. The Balaban J connectivity index is 1.77. The first-order chi connectivity index (χ1) is 10.2. The Morgan fingerprint density at radius 1 is 1.00 bits per heavy atom. The van der Waals surface area contributed by atoms with E-state index in [0.29, 0.717) is 12.4 Å². The van der Waals surface area contributed by atoms with Crippen LogP contribution in [0.3, 0.4) is 0 Å². The highest BCUT2D eigenvalue weighted by Crippen LogP contribution is 2.42. The van der Waals surface area contributed by atoms with Crippen molar-refractivity contribution in [3.63, 3.8) is 0 Å². The molecular weight excluding hydrogens is 313 g/mol. The van der Waals surface area contributed by atoms with Gasteiger partial charge in [-0.25, -0.2) is 9.97 Å². The zero-order chi connectivity index (χ0) is 16.0. The lowest BCUT2D eigenvalue weighted by Gasteiger charge is -2.08. The van der Waals surface area contributed by atoms with Crippen molar-refractivity contribution >= 4 is 11.6 Å². The van der Waals surface area contributed by atoms with E-state index in [9.17, 15) is 22.0 Å². The summed E-state index contributed by atoms with van der Waals surface area (Å²) in [5, 5.41) is 2.57. The van der Waals surface area contributed by atoms with Crippen LogP contribution in [0.2, 0.25) is 0 Å². The van der Waals surface area contributed by atoms with Crippen molar-refractivity contribution < 1.29 is 31.4 Å². The van der Waals surface area contributed by atoms with Gasteiger partial charge in [0.2, 0.25) is 5.95 Å². The minimum Gasteiger partial charge on any atom is -0.395 e. The van der Waals surface area contributed by atoms with Crippen LogP contribution in [0.4, 0.5) is 33.6 Å². The van der Waals surface area contributed by atoms with E-state index in [-0.39, 0.29) is 23.1 Å². The van der Waals surface area contributed by atoms with Crippen molar-refractivity contribution in [1.29, 1.82) is 0 Å². The minimum atomic E-state index is -4.54. The van der Waals surface area contributed by atoms with Crippen LogP contribution in [0.5, 0.6) is 11.5 Å². The fraction of sp³-hybridized carbons (Fsp3) is 0.167. The van der Waals surface area contributed by atoms with Gasteiger partial charge in [-0.2, -0.15) is 13.2 Å². The van der Waals surface area contributed by atoms with Gasteiger partial charge in [-0.15, -0.1) is 8.78 Å². The molecule has 5 nitrogen and oxygen atoms in total. The molecule has 0 radical (unpaired) electrons. The predicted molar refractivity (Wildman–Crippen MR) is 63.0 cm³/mol. The summed E-state index contributed by atoms with van der Waals surface area (Å²) in [7, 11) is 0. The molecule has 1 aliphatic rings. The third-order valence-electron chi connectivity index (χ3n) is 2.64. The lowest BCUT2D eigenvalue weighted by Crippen LogP contribution is -2.25. The maximum absolute atomic E-state index is 12.9. The van der Waals surface area contributed by atoms with Gasteiger partial charge in [0.1, 0.15) is 0 Å². The molecule has 2 aromatic rings. The average molecular weight is 319 g/mol. The smallest absolute Gasteiger partial charge is 0.395 e. The second-order valence-corrected chi connectivity index (χ2v) is 4.25. The van der Waals surface area contributed by atoms with Crippen molar-refractivity contribution in [2.75, 3.05) is 5.32 Å². The zero-order valence-electron chi connectivity index (χ0n) is 10.5. The molecule has 0 amide bonds. The maximum atomic E-state index is 12.9. The second kappa shape index (κ2) is 4.68. The Morgan fingerprint density at radius 2 is 1.64 bits per heavy atom. The Kier molecular flexibility index (Phi) is 3.04. The highest BCUT2D eigenvalue weighted by atomic mass is 19.4. The molecule has 1 aromatic carbocycles. The summed E-state index contributed by atoms with van der Waals surface area (Å²) in [5.74, 6) is -0.482. The largest absolute Gasteiger partial charge is 0.586 e. The molecule has 0 fully saturated rings. The summed E-state index contributed by atoms with van der Waals surface area (Å²) in [5.41, 5.74) is -0.747. The lowest BCUT2D eigenvalue weighted by atomic mass is 10.3. The molecular formula is C12H6F5N3O2. The van der Waals surface area contributed by atoms with Crippen molar-refractivity contribution in [2.45, 2.75) is 12.5 Å². The molecule has 1 aromatic heterocycles. The molecule has 1 aliphatic heterocycles. The van der Waals surface area contributed by atoms with Crippen molar-refractivity contribution in [3.8, 4) is 11.5 Å². The fourth-order valence-corrected chi connectivity index (χ4v) is 1.69. The second-order valence-electron chi connectivity index (χ2n) is 4.25. The van der Waals surface area contributed by atoms with Crippen LogP contribution >= 0.6 is 0 Å². The van der Waals surface area contributed by atoms with Crippen LogP contribution in [0, 0.1) is 0 Å². The molecule has 22 heavy (non-hydrogen) atoms. The maximum Gasteiger partial charge on any atom is 0.586 e. The van der Waals surface area contributed by atoms with Gasteiger partial charge in [0.15, 0.2) is 11.5 Å². The van der Waals surface area contributed by atoms with Gasteiger partial charge in [-0.1, -0.05) is 0 Å². The molecule has 116 valence electrons. The van der Waals surface area contributed by atoms with E-state index in [2.05, 4.69) is 24.8 Å². The molecule has 0 spiro atoms. The quantitative estimate of drug-likeness (QED) is 0.858. The highest BCUT2D eigenvalue weighted by Gasteiger charge is 2.43. The number of halogens is 5. The van der Waals surface area contributed by atoms with Gasteiger partial charge < -0.3 is 14.8 Å². The summed E-state index contributed by atoms with van der Waals surface area (Å²) >= 11 is 0. The van der Waals surface area contributed by atoms with Crippen molar-refractivity contribution in [3.05, 3.63) is 36.2 Å². The van der Waals surface area contributed by atoms with Gasteiger partial charge >= 0.3 is 12.5 Å². The summed E-state index contributed by atoms with van der Waals surface area (Å²) in [6.07, 6.45) is -7.07. The molecule has 3 rings (SSSR count). The van der Waals surface area contributed by atoms with Gasteiger partial charge in [0.25, 0.3) is 0 Å². The first-order valence-electron chi connectivity index (χ1n) is 5.79. The third-order valence-corrected chi connectivity index (χ3v) is 2.64. The molecule has 0 bridgehead atoms. The monoisotopic (exact) mass is 319 g/mol. The number of hydrogen-bond donors (Lipinski definition) is 1. The molecule has 0 saturated carbocycles. The zero-order valence-corrected chi connectivity index (χ0v) is 10.5. The third kappa shape index (κ3) is 2.85. The first-order valence-corrected chi connectivity index (χ1v) is 5.79. The summed E-state index contributed by atoms with van der Waals surface area (Å²) in [6, 6.07) is 3.78. The number of nitrogens with one attached hydrogen (secondary N) is 1. The number of ether oxygens (including phenoxy) is 2. The number of nitrogens with zero attached hydrogens (tertiary/aromatic N) is 2. The van der Waals surface area contributed by atoms with E-state index < -0.39 is 18.0 Å². The minimum absolute atomic E-state index is 0.126. The molecule has 10 heteroatoms. The first kappa shape index (κ1) is 14.3. The van der Waals surface area contributed by atoms with E-state index in [0.717, 1.165) is 0 Å². The van der Waals surface area contributed by atoms with Crippen LogP contribution in [0.15, 0.2) is 30.6 Å². The Morgan fingerprint density at radius 3 is 2.27 bits per heavy atom. The van der Waals surface area contributed by atoms with Crippen LogP contribution < -0.4 is 14.8 Å². The molecule has 0 unspecified atom stereocenters. The molecule has 0 saturated heterocycles. The van der Waals surface area contributed by atoms with E-state index in [1.165, 1.54) is 18.2 Å². The summed E-state index contributed by atoms with van der Waals surface area (Å²) in [4.78, 5) is 7.00. The van der Waals surface area contributed by atoms with E-state index >= 15 is 0 Å². The number of alkyl halides is 5. The molecule has 2 heterocycles. The fourth-order valence-electron chi connectivity index (χ4n) is 1.69. The molecule has 1 N–H and O–H groups in total. The number of hydrogen-bond acceptors (Lipinski definition) is 5. The van der Waals surface area contributed by atoms with Crippen LogP contribution in [-0.2, 0) is 6.18 Å². The van der Waals surface area contributed by atoms with Crippen LogP contribution in [0.1, 0.15) is 5.56 Å². The average Bonchev–Trinajstić information content (AvgIpc) is 2.71. The highest BCUT2D eigenvalue weighted by molar-refractivity contribution is 5.60. The molecule has 0 aliphatic carbocycles. The summed E-state index contributed by atoms with van der Waals surface area (Å²) < 4.78 is 71.3. The van der Waals surface area contributed by atoms with E-state index in [4.69, 9.17) is 0 Å². The van der Waals surface area contributed by atoms with Crippen molar-refractivity contribution in [1.82, 2.24) is 9.97 Å². The van der Waals surface area contributed by atoms with Gasteiger partial charge in [-0.05, 0) is 12.1 Å². The van der Waals surface area contributed by atoms with Gasteiger partial charge in [0, 0.05) is 24.1 Å². The van der Waals surface area contributed by atoms with Crippen LogP contribution in [-0.4, -0.2) is 16.3 Å². The number of aromatic nitrogens is 2. The Labute approximate surface area is 119 Å². The number of fused-ring (bicyclic) bond motifs is 1. The van der Waals surface area contributed by atoms with E-state index in [1.54, 1.807) is 0 Å². The standard InChI is InChI=1S/C12H6F5N3O2/c13-11(14,15)6-4-18-10(19-5-6)20-7-1-2-8-9(3-7)22-12(16,17)21-8/h1-5H,(H,18,19,20).